The van der Waals surface area contributed by atoms with Gasteiger partial charge in [0.2, 0.25) is 5.91 Å². The Hall–Kier alpha value is -2.41. The SMILES string of the molecule is CC(=O)Nc1nc2c(s1)CN(C(=O)COc1cccc(C)c1)CC2. The summed E-state index contributed by atoms with van der Waals surface area (Å²) >= 11 is 1.42. The van der Waals surface area contributed by atoms with Gasteiger partial charge in [-0.05, 0) is 24.6 Å². The molecule has 0 bridgehead atoms. The van der Waals surface area contributed by atoms with Crippen molar-refractivity contribution >= 4 is 28.3 Å². The first-order valence-corrected chi connectivity index (χ1v) is 8.56. The minimum Gasteiger partial charge on any atom is -0.484 e. The van der Waals surface area contributed by atoms with Gasteiger partial charge in [0.1, 0.15) is 5.75 Å². The van der Waals surface area contributed by atoms with Crippen molar-refractivity contribution < 1.29 is 14.3 Å². The van der Waals surface area contributed by atoms with E-state index in [1.807, 2.05) is 31.2 Å². The molecule has 0 atom stereocenters. The van der Waals surface area contributed by atoms with Crippen LogP contribution in [0.2, 0.25) is 0 Å². The second kappa shape index (κ2) is 7.00. The van der Waals surface area contributed by atoms with E-state index < -0.39 is 0 Å². The zero-order valence-corrected chi connectivity index (χ0v) is 14.5. The third-order valence-corrected chi connectivity index (χ3v) is 4.72. The molecule has 6 nitrogen and oxygen atoms in total. The van der Waals surface area contributed by atoms with Crippen molar-refractivity contribution in [3.63, 3.8) is 0 Å². The van der Waals surface area contributed by atoms with Gasteiger partial charge in [0.05, 0.1) is 12.2 Å². The molecule has 0 radical (unpaired) electrons. The molecule has 0 fully saturated rings. The summed E-state index contributed by atoms with van der Waals surface area (Å²) in [6, 6.07) is 7.64. The van der Waals surface area contributed by atoms with Gasteiger partial charge in [-0.3, -0.25) is 9.59 Å². The largest absolute Gasteiger partial charge is 0.484 e. The molecular formula is C17H19N3O3S. The number of aryl methyl sites for hydroxylation is 1. The Kier molecular flexibility index (Phi) is 4.80. The Labute approximate surface area is 144 Å². The lowest BCUT2D eigenvalue weighted by Gasteiger charge is -2.26. The molecular weight excluding hydrogens is 326 g/mol. The molecule has 0 saturated carbocycles. The van der Waals surface area contributed by atoms with E-state index in [1.54, 1.807) is 4.90 Å². The van der Waals surface area contributed by atoms with Crippen LogP contribution >= 0.6 is 11.3 Å². The van der Waals surface area contributed by atoms with Crippen LogP contribution in [0.1, 0.15) is 23.1 Å². The molecule has 0 spiro atoms. The van der Waals surface area contributed by atoms with Crippen molar-refractivity contribution in [3.8, 4) is 5.75 Å². The molecule has 2 aromatic rings. The highest BCUT2D eigenvalue weighted by Gasteiger charge is 2.24. The number of nitrogens with zero attached hydrogens (tertiary/aromatic N) is 2. The zero-order chi connectivity index (χ0) is 17.1. The fraction of sp³-hybridized carbons (Fsp3) is 0.353. The number of carbonyl (C=O) groups is 2. The fourth-order valence-corrected chi connectivity index (χ4v) is 3.62. The van der Waals surface area contributed by atoms with E-state index in [0.29, 0.717) is 30.4 Å². The molecule has 24 heavy (non-hydrogen) atoms. The van der Waals surface area contributed by atoms with Gasteiger partial charge in [0, 0.05) is 24.8 Å². The maximum absolute atomic E-state index is 12.4. The topological polar surface area (TPSA) is 71.5 Å². The highest BCUT2D eigenvalue weighted by Crippen LogP contribution is 2.28. The molecule has 0 aliphatic carbocycles. The van der Waals surface area contributed by atoms with Crippen LogP contribution in [-0.2, 0) is 22.6 Å². The lowest BCUT2D eigenvalue weighted by Crippen LogP contribution is -2.38. The van der Waals surface area contributed by atoms with Crippen LogP contribution in [0.15, 0.2) is 24.3 Å². The zero-order valence-electron chi connectivity index (χ0n) is 13.7. The molecule has 2 heterocycles. The first-order valence-electron chi connectivity index (χ1n) is 7.74. The predicted molar refractivity (Wildman–Crippen MR) is 92.2 cm³/mol. The number of ether oxygens (including phenoxy) is 1. The van der Waals surface area contributed by atoms with Gasteiger partial charge >= 0.3 is 0 Å². The van der Waals surface area contributed by atoms with Crippen LogP contribution in [0, 0.1) is 6.92 Å². The van der Waals surface area contributed by atoms with Crippen molar-refractivity contribution in [1.29, 1.82) is 0 Å². The molecule has 126 valence electrons. The van der Waals surface area contributed by atoms with Crippen LogP contribution in [0.4, 0.5) is 5.13 Å². The molecule has 1 N–H and O–H groups in total. The number of amides is 2. The molecule has 1 aromatic carbocycles. The number of benzene rings is 1. The standard InChI is InChI=1S/C17H19N3O3S/c1-11-4-3-5-13(8-11)23-10-16(22)20-7-6-14-15(9-20)24-17(19-14)18-12(2)21/h3-5,8H,6-7,9-10H2,1-2H3,(H,18,19,21). The summed E-state index contributed by atoms with van der Waals surface area (Å²) in [5.74, 6) is 0.518. The number of carbonyl (C=O) groups excluding carboxylic acids is 2. The van der Waals surface area contributed by atoms with Gasteiger partial charge in [-0.2, -0.15) is 0 Å². The van der Waals surface area contributed by atoms with Crippen LogP contribution in [0.25, 0.3) is 0 Å². The third kappa shape index (κ3) is 3.91. The number of fused-ring (bicyclic) bond motifs is 1. The van der Waals surface area contributed by atoms with Crippen molar-refractivity contribution in [1.82, 2.24) is 9.88 Å². The minimum absolute atomic E-state index is 0.0240. The van der Waals surface area contributed by atoms with Crippen molar-refractivity contribution in [2.75, 3.05) is 18.5 Å². The molecule has 7 heteroatoms. The molecule has 3 rings (SSSR count). The van der Waals surface area contributed by atoms with Crippen molar-refractivity contribution in [3.05, 3.63) is 40.4 Å². The summed E-state index contributed by atoms with van der Waals surface area (Å²) < 4.78 is 5.59. The molecule has 0 saturated heterocycles. The number of aromatic nitrogens is 1. The number of hydrogen-bond donors (Lipinski definition) is 1. The number of hydrogen-bond acceptors (Lipinski definition) is 5. The van der Waals surface area contributed by atoms with Gasteiger partial charge in [0.25, 0.3) is 5.91 Å². The van der Waals surface area contributed by atoms with E-state index in [2.05, 4.69) is 10.3 Å². The Bertz CT molecular complexity index is 772. The van der Waals surface area contributed by atoms with E-state index in [1.165, 1.54) is 18.3 Å². The van der Waals surface area contributed by atoms with Crippen LogP contribution < -0.4 is 10.1 Å². The normalized spacial score (nSPS) is 13.3. The second-order valence-corrected chi connectivity index (χ2v) is 6.82. The second-order valence-electron chi connectivity index (χ2n) is 5.74. The quantitative estimate of drug-likeness (QED) is 0.923. The highest BCUT2D eigenvalue weighted by atomic mass is 32.1. The Morgan fingerprint density at radius 3 is 3.00 bits per heavy atom. The molecule has 1 aliphatic rings. The summed E-state index contributed by atoms with van der Waals surface area (Å²) in [5.41, 5.74) is 2.06. The number of rotatable bonds is 4. The first kappa shape index (κ1) is 16.4. The van der Waals surface area contributed by atoms with E-state index in [0.717, 1.165) is 16.1 Å². The van der Waals surface area contributed by atoms with E-state index in [4.69, 9.17) is 4.74 Å². The smallest absolute Gasteiger partial charge is 0.260 e. The van der Waals surface area contributed by atoms with Gasteiger partial charge in [-0.25, -0.2) is 4.98 Å². The third-order valence-electron chi connectivity index (χ3n) is 3.72. The summed E-state index contributed by atoms with van der Waals surface area (Å²) in [5, 5.41) is 3.29. The summed E-state index contributed by atoms with van der Waals surface area (Å²) in [6.45, 7) is 4.60. The Balaban J connectivity index is 1.59. The maximum atomic E-state index is 12.4. The Morgan fingerprint density at radius 2 is 2.25 bits per heavy atom. The predicted octanol–water partition coefficient (Wildman–Crippen LogP) is 2.37. The number of nitrogens with one attached hydrogen (secondary N) is 1. The van der Waals surface area contributed by atoms with E-state index >= 15 is 0 Å². The van der Waals surface area contributed by atoms with Crippen LogP contribution in [-0.4, -0.2) is 34.8 Å². The Morgan fingerprint density at radius 1 is 1.42 bits per heavy atom. The van der Waals surface area contributed by atoms with Crippen LogP contribution in [0.5, 0.6) is 5.75 Å². The minimum atomic E-state index is -0.138. The lowest BCUT2D eigenvalue weighted by atomic mass is 10.2. The molecule has 1 aromatic heterocycles. The number of anilines is 1. The summed E-state index contributed by atoms with van der Waals surface area (Å²) in [7, 11) is 0. The summed E-state index contributed by atoms with van der Waals surface area (Å²) in [4.78, 5) is 30.7. The van der Waals surface area contributed by atoms with Gasteiger partial charge in [-0.1, -0.05) is 23.5 Å². The van der Waals surface area contributed by atoms with Crippen molar-refractivity contribution in [2.24, 2.45) is 0 Å². The lowest BCUT2D eigenvalue weighted by molar-refractivity contribution is -0.134. The highest BCUT2D eigenvalue weighted by molar-refractivity contribution is 7.15. The van der Waals surface area contributed by atoms with Crippen LogP contribution in [0.3, 0.4) is 0 Å². The molecule has 2 amide bonds. The van der Waals surface area contributed by atoms with Crippen molar-refractivity contribution in [2.45, 2.75) is 26.8 Å². The molecule has 0 unspecified atom stereocenters. The average Bonchev–Trinajstić information content (AvgIpc) is 2.93. The summed E-state index contributed by atoms with van der Waals surface area (Å²) in [6.07, 6.45) is 0.696. The monoisotopic (exact) mass is 345 g/mol. The van der Waals surface area contributed by atoms with Gasteiger partial charge < -0.3 is 15.0 Å². The van der Waals surface area contributed by atoms with E-state index in [-0.39, 0.29) is 18.4 Å². The average molecular weight is 345 g/mol. The maximum Gasteiger partial charge on any atom is 0.260 e. The van der Waals surface area contributed by atoms with Gasteiger partial charge in [0.15, 0.2) is 11.7 Å². The molecule has 1 aliphatic heterocycles. The van der Waals surface area contributed by atoms with E-state index in [9.17, 15) is 9.59 Å². The van der Waals surface area contributed by atoms with Gasteiger partial charge in [-0.15, -0.1) is 0 Å². The number of thiazole rings is 1. The fourth-order valence-electron chi connectivity index (χ4n) is 2.55. The first-order chi connectivity index (χ1) is 11.5.